The first kappa shape index (κ1) is 26.5. The van der Waals surface area contributed by atoms with Crippen molar-refractivity contribution in [1.82, 2.24) is 9.78 Å². The van der Waals surface area contributed by atoms with Crippen molar-refractivity contribution >= 4 is 34.0 Å². The number of carbonyl (C=O) groups is 2. The van der Waals surface area contributed by atoms with Gasteiger partial charge in [0.25, 0.3) is 5.91 Å². The molecule has 212 valence electrons. The number of anilines is 2. The van der Waals surface area contributed by atoms with Crippen molar-refractivity contribution in [2.24, 2.45) is 0 Å². The summed E-state index contributed by atoms with van der Waals surface area (Å²) in [6, 6.07) is 3.65. The second-order valence-corrected chi connectivity index (χ2v) is 11.4. The molecule has 3 aromatic rings. The number of benzene rings is 1. The molecule has 1 amide bonds. The van der Waals surface area contributed by atoms with E-state index < -0.39 is 30.1 Å². The number of hydrogen-bond acceptors (Lipinski definition) is 8. The van der Waals surface area contributed by atoms with Gasteiger partial charge >= 0.3 is 12.1 Å². The van der Waals surface area contributed by atoms with Gasteiger partial charge in [0.2, 0.25) is 6.79 Å². The van der Waals surface area contributed by atoms with Crippen LogP contribution in [-0.4, -0.2) is 40.7 Å². The number of thiophene rings is 1. The standard InChI is InChI=1S/C27H27F3N4O5S/c1-13(2)39-26(36)23-15-5-3-4-6-20(15)40-25(23)32-24(35)17-11-22-31-16(10-21(27(28,29)30)34(22)33-17)14-7-8-18-19(9-14)38-12-37-18/h7-9,11,13,16,21,31H,3-6,10,12H2,1-2H3,(H,32,35)/t16-,21-/m0/s1. The minimum Gasteiger partial charge on any atom is -0.459 e. The predicted molar refractivity (Wildman–Crippen MR) is 140 cm³/mol. The van der Waals surface area contributed by atoms with Gasteiger partial charge in [0.1, 0.15) is 10.8 Å². The molecule has 6 rings (SSSR count). The van der Waals surface area contributed by atoms with Gasteiger partial charge in [-0.15, -0.1) is 11.3 Å². The number of esters is 1. The first-order chi connectivity index (χ1) is 19.1. The quantitative estimate of drug-likeness (QED) is 0.358. The normalized spacial score (nSPS) is 19.6. The van der Waals surface area contributed by atoms with E-state index in [2.05, 4.69) is 15.7 Å². The van der Waals surface area contributed by atoms with Crippen LogP contribution in [0.3, 0.4) is 0 Å². The molecule has 9 nitrogen and oxygen atoms in total. The molecule has 1 aromatic carbocycles. The maximum Gasteiger partial charge on any atom is 0.410 e. The topological polar surface area (TPSA) is 104 Å². The number of carbonyl (C=O) groups excluding carboxylic acids is 2. The molecule has 3 aliphatic rings. The number of hydrogen-bond donors (Lipinski definition) is 2. The van der Waals surface area contributed by atoms with Crippen LogP contribution in [0, 0.1) is 0 Å². The Hall–Kier alpha value is -3.74. The van der Waals surface area contributed by atoms with Crippen molar-refractivity contribution in [3.8, 4) is 11.5 Å². The number of aryl methyl sites for hydroxylation is 1. The second kappa shape index (κ2) is 10.0. The summed E-state index contributed by atoms with van der Waals surface area (Å²) in [6.45, 7) is 3.54. The lowest BCUT2D eigenvalue weighted by atomic mass is 9.95. The third-order valence-corrected chi connectivity index (χ3v) is 8.37. The van der Waals surface area contributed by atoms with Crippen LogP contribution in [0.25, 0.3) is 0 Å². The van der Waals surface area contributed by atoms with Crippen LogP contribution in [0.1, 0.15) is 82.0 Å². The fraction of sp³-hybridized carbons (Fsp3) is 0.444. The highest BCUT2D eigenvalue weighted by molar-refractivity contribution is 7.17. The fourth-order valence-corrected chi connectivity index (χ4v) is 6.62. The highest BCUT2D eigenvalue weighted by Crippen LogP contribution is 2.45. The first-order valence-electron chi connectivity index (χ1n) is 13.1. The smallest absolute Gasteiger partial charge is 0.410 e. The van der Waals surface area contributed by atoms with Gasteiger partial charge in [0.05, 0.1) is 17.7 Å². The summed E-state index contributed by atoms with van der Waals surface area (Å²) in [6.07, 6.45) is -1.91. The average Bonchev–Trinajstić information content (AvgIpc) is 3.62. The lowest BCUT2D eigenvalue weighted by molar-refractivity contribution is -0.173. The molecular formula is C27H27F3N4O5S. The number of fused-ring (bicyclic) bond motifs is 3. The maximum absolute atomic E-state index is 14.2. The number of nitrogens with zero attached hydrogens (tertiary/aromatic N) is 2. The fourth-order valence-electron chi connectivity index (χ4n) is 5.34. The Morgan fingerprint density at radius 3 is 2.73 bits per heavy atom. The van der Waals surface area contributed by atoms with Gasteiger partial charge in [-0.05, 0) is 62.8 Å². The Balaban J connectivity index is 1.30. The van der Waals surface area contributed by atoms with Crippen LogP contribution in [-0.2, 0) is 17.6 Å². The highest BCUT2D eigenvalue weighted by atomic mass is 32.1. The molecule has 0 bridgehead atoms. The van der Waals surface area contributed by atoms with Crippen molar-refractivity contribution < 1.29 is 37.0 Å². The highest BCUT2D eigenvalue weighted by Gasteiger charge is 2.47. The summed E-state index contributed by atoms with van der Waals surface area (Å²) in [5, 5.41) is 10.2. The third kappa shape index (κ3) is 4.87. The van der Waals surface area contributed by atoms with Gasteiger partial charge in [-0.2, -0.15) is 18.3 Å². The summed E-state index contributed by atoms with van der Waals surface area (Å²) >= 11 is 1.30. The molecule has 0 unspecified atom stereocenters. The second-order valence-electron chi connectivity index (χ2n) is 10.3. The van der Waals surface area contributed by atoms with E-state index in [1.807, 2.05) is 0 Å². The zero-order valence-corrected chi connectivity index (χ0v) is 22.6. The summed E-state index contributed by atoms with van der Waals surface area (Å²) in [5.41, 5.74) is 1.58. The molecule has 1 aliphatic carbocycles. The number of aromatic nitrogens is 2. The van der Waals surface area contributed by atoms with E-state index in [0.29, 0.717) is 34.0 Å². The molecule has 13 heteroatoms. The lowest BCUT2D eigenvalue weighted by Gasteiger charge is -2.33. The largest absolute Gasteiger partial charge is 0.459 e. The van der Waals surface area contributed by atoms with Crippen molar-refractivity contribution in [2.75, 3.05) is 17.4 Å². The van der Waals surface area contributed by atoms with Gasteiger partial charge < -0.3 is 24.8 Å². The summed E-state index contributed by atoms with van der Waals surface area (Å²) in [7, 11) is 0. The zero-order chi connectivity index (χ0) is 28.2. The van der Waals surface area contributed by atoms with Crippen LogP contribution < -0.4 is 20.1 Å². The van der Waals surface area contributed by atoms with Gasteiger partial charge in [-0.25, -0.2) is 9.48 Å². The van der Waals surface area contributed by atoms with E-state index >= 15 is 0 Å². The molecule has 0 radical (unpaired) electrons. The molecule has 40 heavy (non-hydrogen) atoms. The average molecular weight is 577 g/mol. The van der Waals surface area contributed by atoms with E-state index in [1.54, 1.807) is 32.0 Å². The zero-order valence-electron chi connectivity index (χ0n) is 21.8. The van der Waals surface area contributed by atoms with E-state index in [0.717, 1.165) is 34.4 Å². The van der Waals surface area contributed by atoms with Gasteiger partial charge in [-0.3, -0.25) is 4.79 Å². The Labute approximate surface area is 231 Å². The number of nitrogens with one attached hydrogen (secondary N) is 2. The SMILES string of the molecule is CC(C)OC(=O)c1c(NC(=O)c2cc3n(n2)[C@H](C(F)(F)F)C[C@@H](c2ccc4c(c2)OCO4)N3)sc2c1CCCC2. The van der Waals surface area contributed by atoms with Crippen molar-refractivity contribution in [3.63, 3.8) is 0 Å². The minimum absolute atomic E-state index is 0.0530. The molecule has 0 saturated heterocycles. The van der Waals surface area contributed by atoms with E-state index in [1.165, 1.54) is 17.4 Å². The maximum atomic E-state index is 14.2. The number of ether oxygens (including phenoxy) is 3. The van der Waals surface area contributed by atoms with Crippen molar-refractivity contribution in [1.29, 1.82) is 0 Å². The Bertz CT molecular complexity index is 1480. The van der Waals surface area contributed by atoms with Gasteiger partial charge in [0.15, 0.2) is 23.2 Å². The molecule has 0 fully saturated rings. The molecule has 4 heterocycles. The Morgan fingerprint density at radius 1 is 1.18 bits per heavy atom. The monoisotopic (exact) mass is 576 g/mol. The summed E-state index contributed by atoms with van der Waals surface area (Å²) in [4.78, 5) is 27.3. The molecule has 0 spiro atoms. The van der Waals surface area contributed by atoms with Crippen LogP contribution in [0.5, 0.6) is 11.5 Å². The summed E-state index contributed by atoms with van der Waals surface area (Å²) in [5.74, 6) is -0.178. The number of amides is 1. The lowest BCUT2D eigenvalue weighted by Crippen LogP contribution is -2.35. The van der Waals surface area contributed by atoms with E-state index in [4.69, 9.17) is 14.2 Å². The Morgan fingerprint density at radius 2 is 1.95 bits per heavy atom. The molecule has 2 aliphatic heterocycles. The Kier molecular flexibility index (Phi) is 6.64. The van der Waals surface area contributed by atoms with Crippen molar-refractivity contribution in [3.05, 3.63) is 51.5 Å². The molecular weight excluding hydrogens is 549 g/mol. The summed E-state index contributed by atoms with van der Waals surface area (Å²) < 4.78 is 59.5. The third-order valence-electron chi connectivity index (χ3n) is 7.17. The minimum atomic E-state index is -4.61. The van der Waals surface area contributed by atoms with Crippen LogP contribution in [0.4, 0.5) is 24.0 Å². The first-order valence-corrected chi connectivity index (χ1v) is 13.9. The van der Waals surface area contributed by atoms with Gasteiger partial charge in [0, 0.05) is 17.4 Å². The van der Waals surface area contributed by atoms with Crippen molar-refractivity contribution in [2.45, 2.75) is 70.3 Å². The van der Waals surface area contributed by atoms with Crippen LogP contribution in [0.2, 0.25) is 0 Å². The van der Waals surface area contributed by atoms with Gasteiger partial charge in [-0.1, -0.05) is 6.07 Å². The predicted octanol–water partition coefficient (Wildman–Crippen LogP) is 6.03. The molecule has 2 N–H and O–H groups in total. The number of rotatable bonds is 5. The van der Waals surface area contributed by atoms with E-state index in [9.17, 15) is 22.8 Å². The number of halogens is 3. The number of alkyl halides is 3. The molecule has 2 atom stereocenters. The molecule has 2 aromatic heterocycles. The van der Waals surface area contributed by atoms with Crippen LogP contribution >= 0.6 is 11.3 Å². The molecule has 0 saturated carbocycles. The van der Waals surface area contributed by atoms with E-state index in [-0.39, 0.29) is 30.8 Å². The van der Waals surface area contributed by atoms with Crippen LogP contribution in [0.15, 0.2) is 24.3 Å².